The van der Waals surface area contributed by atoms with E-state index in [0.29, 0.717) is 22.5 Å². The summed E-state index contributed by atoms with van der Waals surface area (Å²) >= 11 is 0. The van der Waals surface area contributed by atoms with Crippen molar-refractivity contribution in [3.05, 3.63) is 94.5 Å². The molecule has 0 fully saturated rings. The van der Waals surface area contributed by atoms with E-state index in [1.807, 2.05) is 37.3 Å². The highest BCUT2D eigenvalue weighted by molar-refractivity contribution is 6.06. The second kappa shape index (κ2) is 9.05. The molecular formula is C24H23N3O3. The van der Waals surface area contributed by atoms with Crippen LogP contribution >= 0.6 is 0 Å². The normalized spacial score (nSPS) is 11.1. The summed E-state index contributed by atoms with van der Waals surface area (Å²) in [4.78, 5) is 24.7. The lowest BCUT2D eigenvalue weighted by Gasteiger charge is -2.09. The average Bonchev–Trinajstić information content (AvgIpc) is 2.74. The number of amides is 2. The first-order valence-electron chi connectivity index (χ1n) is 9.47. The lowest BCUT2D eigenvalue weighted by atomic mass is 10.1. The van der Waals surface area contributed by atoms with Gasteiger partial charge in [-0.1, -0.05) is 42.5 Å². The number of aryl methyl sites for hydroxylation is 2. The third kappa shape index (κ3) is 4.72. The zero-order valence-corrected chi connectivity index (χ0v) is 17.1. The van der Waals surface area contributed by atoms with Crippen molar-refractivity contribution in [3.63, 3.8) is 0 Å². The second-order valence-electron chi connectivity index (χ2n) is 6.96. The van der Waals surface area contributed by atoms with E-state index in [1.165, 1.54) is 6.07 Å². The van der Waals surface area contributed by atoms with Gasteiger partial charge >= 0.3 is 0 Å². The van der Waals surface area contributed by atoms with Crippen molar-refractivity contribution in [2.75, 3.05) is 5.32 Å². The number of para-hydroxylation sites is 1. The van der Waals surface area contributed by atoms with Crippen LogP contribution in [0.5, 0.6) is 5.75 Å². The standard InChI is InChI=1S/C24H23N3O3/c1-15-7-4-5-9-20(15)23(29)25-19-13-11-18(12-14-19)17(3)26-27-24(30)21-10-6-8-16(2)22(21)28/h4-14,28H,1-3H3,(H,25,29)(H,27,30)/b26-17-. The van der Waals surface area contributed by atoms with E-state index in [4.69, 9.17) is 0 Å². The summed E-state index contributed by atoms with van der Waals surface area (Å²) in [7, 11) is 0. The number of benzene rings is 3. The zero-order valence-electron chi connectivity index (χ0n) is 17.1. The Morgan fingerprint density at radius 1 is 0.800 bits per heavy atom. The van der Waals surface area contributed by atoms with Gasteiger partial charge in [-0.15, -0.1) is 0 Å². The van der Waals surface area contributed by atoms with Crippen LogP contribution in [-0.2, 0) is 0 Å². The number of anilines is 1. The maximum atomic E-state index is 12.4. The molecule has 6 heteroatoms. The first-order chi connectivity index (χ1) is 14.4. The molecule has 0 aliphatic heterocycles. The van der Waals surface area contributed by atoms with E-state index in [0.717, 1.165) is 11.1 Å². The smallest absolute Gasteiger partial charge is 0.275 e. The fourth-order valence-corrected chi connectivity index (χ4v) is 2.92. The van der Waals surface area contributed by atoms with Crippen molar-refractivity contribution in [1.29, 1.82) is 0 Å². The molecule has 30 heavy (non-hydrogen) atoms. The van der Waals surface area contributed by atoms with E-state index in [1.54, 1.807) is 44.2 Å². The molecule has 0 saturated carbocycles. The van der Waals surface area contributed by atoms with Gasteiger partial charge in [-0.2, -0.15) is 5.10 Å². The average molecular weight is 401 g/mol. The van der Waals surface area contributed by atoms with Crippen LogP contribution in [0.2, 0.25) is 0 Å². The van der Waals surface area contributed by atoms with Gasteiger partial charge in [0.15, 0.2) is 0 Å². The Bertz CT molecular complexity index is 1120. The predicted octanol–water partition coefficient (Wildman–Crippen LogP) is 4.42. The molecule has 3 aromatic carbocycles. The Balaban J connectivity index is 1.66. The number of nitrogens with zero attached hydrogens (tertiary/aromatic N) is 1. The van der Waals surface area contributed by atoms with Crippen molar-refractivity contribution in [2.45, 2.75) is 20.8 Å². The van der Waals surface area contributed by atoms with Crippen LogP contribution < -0.4 is 10.7 Å². The molecule has 0 saturated heterocycles. The third-order valence-electron chi connectivity index (χ3n) is 4.76. The first-order valence-corrected chi connectivity index (χ1v) is 9.47. The maximum Gasteiger partial charge on any atom is 0.275 e. The number of nitrogens with one attached hydrogen (secondary N) is 2. The number of carbonyl (C=O) groups excluding carboxylic acids is 2. The molecule has 0 heterocycles. The summed E-state index contributed by atoms with van der Waals surface area (Å²) in [5.41, 5.74) is 6.82. The first kappa shape index (κ1) is 20.8. The van der Waals surface area contributed by atoms with Crippen LogP contribution in [0.15, 0.2) is 71.8 Å². The molecule has 0 bridgehead atoms. The molecule has 0 spiro atoms. The molecule has 152 valence electrons. The third-order valence-corrected chi connectivity index (χ3v) is 4.76. The number of rotatable bonds is 5. The van der Waals surface area contributed by atoms with Crippen LogP contribution in [-0.4, -0.2) is 22.6 Å². The molecule has 3 aromatic rings. The second-order valence-corrected chi connectivity index (χ2v) is 6.96. The number of carbonyl (C=O) groups is 2. The van der Waals surface area contributed by atoms with Crippen molar-refractivity contribution in [2.24, 2.45) is 5.10 Å². The summed E-state index contributed by atoms with van der Waals surface area (Å²) in [5, 5.41) is 17.0. The minimum absolute atomic E-state index is 0.0587. The van der Waals surface area contributed by atoms with Crippen LogP contribution in [0.25, 0.3) is 0 Å². The van der Waals surface area contributed by atoms with Crippen LogP contribution in [0.3, 0.4) is 0 Å². The van der Waals surface area contributed by atoms with Gasteiger partial charge in [-0.25, -0.2) is 5.43 Å². The predicted molar refractivity (Wildman–Crippen MR) is 118 cm³/mol. The fraction of sp³-hybridized carbons (Fsp3) is 0.125. The molecular weight excluding hydrogens is 378 g/mol. The Hall–Kier alpha value is -3.93. The van der Waals surface area contributed by atoms with Crippen LogP contribution in [0.4, 0.5) is 5.69 Å². The SMILES string of the molecule is C/C(=N/NC(=O)c1cccc(C)c1O)c1ccc(NC(=O)c2ccccc2C)cc1. The van der Waals surface area contributed by atoms with Gasteiger partial charge in [0.05, 0.1) is 11.3 Å². The van der Waals surface area contributed by atoms with Gasteiger partial charge in [0.1, 0.15) is 5.75 Å². The molecule has 0 unspecified atom stereocenters. The molecule has 0 aromatic heterocycles. The number of hydrazone groups is 1. The van der Waals surface area contributed by atoms with Crippen molar-refractivity contribution < 1.29 is 14.7 Å². The van der Waals surface area contributed by atoms with E-state index in [2.05, 4.69) is 15.8 Å². The molecule has 3 rings (SSSR count). The summed E-state index contributed by atoms with van der Waals surface area (Å²) in [6.07, 6.45) is 0. The molecule has 0 radical (unpaired) electrons. The van der Waals surface area contributed by atoms with Gasteiger partial charge in [-0.3, -0.25) is 9.59 Å². The summed E-state index contributed by atoms with van der Waals surface area (Å²) < 4.78 is 0. The lowest BCUT2D eigenvalue weighted by Crippen LogP contribution is -2.19. The molecule has 2 amide bonds. The quantitative estimate of drug-likeness (QED) is 0.437. The summed E-state index contributed by atoms with van der Waals surface area (Å²) in [5.74, 6) is -0.717. The van der Waals surface area contributed by atoms with Gasteiger partial charge in [0.2, 0.25) is 0 Å². The molecule has 3 N–H and O–H groups in total. The van der Waals surface area contributed by atoms with E-state index >= 15 is 0 Å². The Kier molecular flexibility index (Phi) is 6.27. The maximum absolute atomic E-state index is 12.4. The van der Waals surface area contributed by atoms with Gasteiger partial charge in [-0.05, 0) is 61.7 Å². The highest BCUT2D eigenvalue weighted by Gasteiger charge is 2.12. The number of aromatic hydroxyl groups is 1. The lowest BCUT2D eigenvalue weighted by molar-refractivity contribution is 0.0951. The summed E-state index contributed by atoms with van der Waals surface area (Å²) in [6.45, 7) is 5.37. The van der Waals surface area contributed by atoms with Crippen LogP contribution in [0.1, 0.15) is 44.3 Å². The fourth-order valence-electron chi connectivity index (χ4n) is 2.92. The largest absolute Gasteiger partial charge is 0.507 e. The number of phenols is 1. The highest BCUT2D eigenvalue weighted by Crippen LogP contribution is 2.21. The number of hydrogen-bond donors (Lipinski definition) is 3. The monoisotopic (exact) mass is 401 g/mol. The van der Waals surface area contributed by atoms with E-state index in [-0.39, 0.29) is 17.2 Å². The summed E-state index contributed by atoms with van der Waals surface area (Å²) in [6, 6.07) is 19.5. The van der Waals surface area contributed by atoms with Crippen LogP contribution in [0, 0.1) is 13.8 Å². The Morgan fingerprint density at radius 3 is 2.13 bits per heavy atom. The van der Waals surface area contributed by atoms with Crippen molar-refractivity contribution >= 4 is 23.2 Å². The minimum atomic E-state index is -0.488. The van der Waals surface area contributed by atoms with Gasteiger partial charge in [0.25, 0.3) is 11.8 Å². The zero-order chi connectivity index (χ0) is 21.7. The van der Waals surface area contributed by atoms with Crippen molar-refractivity contribution in [3.8, 4) is 5.75 Å². The Morgan fingerprint density at radius 2 is 1.43 bits per heavy atom. The molecule has 0 atom stereocenters. The van der Waals surface area contributed by atoms with Crippen molar-refractivity contribution in [1.82, 2.24) is 5.43 Å². The number of phenolic OH excluding ortho intramolecular Hbond substituents is 1. The molecule has 6 nitrogen and oxygen atoms in total. The molecule has 0 aliphatic rings. The van der Waals surface area contributed by atoms with Gasteiger partial charge < -0.3 is 10.4 Å². The Labute approximate surface area is 175 Å². The highest BCUT2D eigenvalue weighted by atomic mass is 16.3. The minimum Gasteiger partial charge on any atom is -0.507 e. The number of hydrogen-bond acceptors (Lipinski definition) is 4. The molecule has 0 aliphatic carbocycles. The topological polar surface area (TPSA) is 90.8 Å². The van der Waals surface area contributed by atoms with E-state index in [9.17, 15) is 14.7 Å². The van der Waals surface area contributed by atoms with E-state index < -0.39 is 5.91 Å². The van der Waals surface area contributed by atoms with Gasteiger partial charge in [0, 0.05) is 11.3 Å².